The lowest BCUT2D eigenvalue weighted by Crippen LogP contribution is -2.41. The third-order valence-electron chi connectivity index (χ3n) is 3.19. The van der Waals surface area contributed by atoms with E-state index >= 15 is 0 Å². The monoisotopic (exact) mass is 284 g/mol. The van der Waals surface area contributed by atoms with E-state index in [1.807, 2.05) is 18.7 Å². The highest BCUT2D eigenvalue weighted by Crippen LogP contribution is 2.25. The fourth-order valence-corrected chi connectivity index (χ4v) is 3.21. The zero-order chi connectivity index (χ0) is 13.5. The standard InChI is InChI=1S/C13H24N4OS/c1-2-14-13(15-8-11-4-3-7-19-11)16-9-12(18)17-10-5-6-10/h10-11H,2-9H2,1H3,(H,17,18)(H2,14,15,16). The van der Waals surface area contributed by atoms with E-state index in [2.05, 4.69) is 20.9 Å². The van der Waals surface area contributed by atoms with Crippen molar-refractivity contribution >= 4 is 23.6 Å². The van der Waals surface area contributed by atoms with Crippen molar-refractivity contribution in [1.82, 2.24) is 16.0 Å². The molecule has 1 atom stereocenters. The molecule has 19 heavy (non-hydrogen) atoms. The molecule has 2 aliphatic rings. The number of nitrogens with zero attached hydrogens (tertiary/aromatic N) is 1. The van der Waals surface area contributed by atoms with E-state index in [1.165, 1.54) is 18.6 Å². The van der Waals surface area contributed by atoms with Gasteiger partial charge in [-0.15, -0.1) is 0 Å². The number of guanidine groups is 1. The van der Waals surface area contributed by atoms with Crippen LogP contribution in [0.2, 0.25) is 0 Å². The summed E-state index contributed by atoms with van der Waals surface area (Å²) >= 11 is 2.02. The fourth-order valence-electron chi connectivity index (χ4n) is 2.01. The summed E-state index contributed by atoms with van der Waals surface area (Å²) in [7, 11) is 0. The molecule has 0 radical (unpaired) electrons. The molecule has 2 fully saturated rings. The lowest BCUT2D eigenvalue weighted by molar-refractivity contribution is -0.119. The lowest BCUT2D eigenvalue weighted by Gasteiger charge is -2.14. The van der Waals surface area contributed by atoms with Gasteiger partial charge in [0.1, 0.15) is 6.54 Å². The molecule has 5 nitrogen and oxygen atoms in total. The third kappa shape index (κ3) is 5.72. The molecule has 0 spiro atoms. The molecular weight excluding hydrogens is 260 g/mol. The van der Waals surface area contributed by atoms with E-state index in [0.29, 0.717) is 11.3 Å². The van der Waals surface area contributed by atoms with Gasteiger partial charge in [-0.1, -0.05) is 0 Å². The number of hydrogen-bond donors (Lipinski definition) is 3. The highest BCUT2D eigenvalue weighted by Gasteiger charge is 2.22. The average molecular weight is 284 g/mol. The minimum Gasteiger partial charge on any atom is -0.357 e. The van der Waals surface area contributed by atoms with E-state index in [4.69, 9.17) is 0 Å². The number of carbonyl (C=O) groups excluding carboxylic acids is 1. The quantitative estimate of drug-likeness (QED) is 0.497. The van der Waals surface area contributed by atoms with Crippen LogP contribution >= 0.6 is 11.8 Å². The van der Waals surface area contributed by atoms with E-state index < -0.39 is 0 Å². The van der Waals surface area contributed by atoms with E-state index in [0.717, 1.165) is 31.9 Å². The summed E-state index contributed by atoms with van der Waals surface area (Å²) in [5, 5.41) is 10.1. The second kappa shape index (κ2) is 7.62. The lowest BCUT2D eigenvalue weighted by atomic mass is 10.2. The SMILES string of the molecule is CCNC(=NCC(=O)NC1CC1)NCC1CCCS1. The largest absolute Gasteiger partial charge is 0.357 e. The number of rotatable bonds is 6. The zero-order valence-corrected chi connectivity index (χ0v) is 12.4. The van der Waals surface area contributed by atoms with Crippen molar-refractivity contribution in [3.05, 3.63) is 0 Å². The molecule has 1 amide bonds. The van der Waals surface area contributed by atoms with Gasteiger partial charge < -0.3 is 16.0 Å². The summed E-state index contributed by atoms with van der Waals surface area (Å²) in [5.41, 5.74) is 0. The Kier molecular flexibility index (Phi) is 5.82. The van der Waals surface area contributed by atoms with Crippen LogP contribution in [0.5, 0.6) is 0 Å². The van der Waals surface area contributed by atoms with Crippen LogP contribution in [0.1, 0.15) is 32.6 Å². The van der Waals surface area contributed by atoms with Crippen molar-refractivity contribution in [3.63, 3.8) is 0 Å². The maximum atomic E-state index is 11.6. The van der Waals surface area contributed by atoms with Gasteiger partial charge in [-0.25, -0.2) is 4.99 Å². The van der Waals surface area contributed by atoms with Gasteiger partial charge in [-0.2, -0.15) is 11.8 Å². The molecule has 6 heteroatoms. The molecule has 1 aliphatic heterocycles. The van der Waals surface area contributed by atoms with Gasteiger partial charge in [0.15, 0.2) is 5.96 Å². The number of carbonyl (C=O) groups is 1. The molecule has 1 heterocycles. The minimum atomic E-state index is 0.0231. The van der Waals surface area contributed by atoms with Crippen molar-refractivity contribution in [1.29, 1.82) is 0 Å². The predicted molar refractivity (Wildman–Crippen MR) is 80.6 cm³/mol. The minimum absolute atomic E-state index is 0.0231. The maximum Gasteiger partial charge on any atom is 0.242 e. The van der Waals surface area contributed by atoms with Crippen molar-refractivity contribution in [3.8, 4) is 0 Å². The van der Waals surface area contributed by atoms with Crippen LogP contribution in [0, 0.1) is 0 Å². The Morgan fingerprint density at radius 1 is 1.32 bits per heavy atom. The summed E-state index contributed by atoms with van der Waals surface area (Å²) in [6.07, 6.45) is 4.83. The summed E-state index contributed by atoms with van der Waals surface area (Å²) in [4.78, 5) is 15.9. The van der Waals surface area contributed by atoms with Crippen LogP contribution in [0.25, 0.3) is 0 Å². The first-order chi connectivity index (χ1) is 9.28. The normalized spacial score (nSPS) is 23.2. The molecule has 108 valence electrons. The van der Waals surface area contributed by atoms with Gasteiger partial charge in [0.25, 0.3) is 0 Å². The number of nitrogens with one attached hydrogen (secondary N) is 3. The topological polar surface area (TPSA) is 65.5 Å². The molecular formula is C13H24N4OS. The smallest absolute Gasteiger partial charge is 0.242 e. The highest BCUT2D eigenvalue weighted by atomic mass is 32.2. The van der Waals surface area contributed by atoms with Crippen molar-refractivity contribution in [2.45, 2.75) is 43.9 Å². The fraction of sp³-hybridized carbons (Fsp3) is 0.846. The second-order valence-electron chi connectivity index (χ2n) is 5.05. The number of thioether (sulfide) groups is 1. The summed E-state index contributed by atoms with van der Waals surface area (Å²) in [6, 6.07) is 0.410. The Balaban J connectivity index is 1.70. The Morgan fingerprint density at radius 2 is 2.16 bits per heavy atom. The molecule has 0 bridgehead atoms. The molecule has 1 saturated carbocycles. The van der Waals surface area contributed by atoms with Crippen molar-refractivity contribution in [2.24, 2.45) is 4.99 Å². The maximum absolute atomic E-state index is 11.6. The summed E-state index contributed by atoms with van der Waals surface area (Å²) in [6.45, 7) is 3.99. The van der Waals surface area contributed by atoms with E-state index in [-0.39, 0.29) is 12.5 Å². The third-order valence-corrected chi connectivity index (χ3v) is 4.59. The first-order valence-electron chi connectivity index (χ1n) is 7.21. The Hall–Kier alpha value is -0.910. The molecule has 1 aliphatic carbocycles. The molecule has 1 unspecified atom stereocenters. The van der Waals surface area contributed by atoms with Crippen LogP contribution in [0.15, 0.2) is 4.99 Å². The van der Waals surface area contributed by atoms with Gasteiger partial charge in [-0.3, -0.25) is 4.79 Å². The number of amides is 1. The van der Waals surface area contributed by atoms with Crippen molar-refractivity contribution < 1.29 is 4.79 Å². The highest BCUT2D eigenvalue weighted by molar-refractivity contribution is 8.00. The van der Waals surface area contributed by atoms with Gasteiger partial charge in [0.05, 0.1) is 0 Å². The molecule has 0 aromatic rings. The average Bonchev–Trinajstić information content (AvgIpc) is 3.05. The summed E-state index contributed by atoms with van der Waals surface area (Å²) in [5.74, 6) is 2.04. The number of aliphatic imine (C=N–C) groups is 1. The Morgan fingerprint density at radius 3 is 2.79 bits per heavy atom. The van der Waals surface area contributed by atoms with E-state index in [9.17, 15) is 4.79 Å². The van der Waals surface area contributed by atoms with E-state index in [1.54, 1.807) is 0 Å². The molecule has 0 aromatic heterocycles. The summed E-state index contributed by atoms with van der Waals surface area (Å²) < 4.78 is 0. The Labute approximate surface area is 119 Å². The van der Waals surface area contributed by atoms with Crippen molar-refractivity contribution in [2.75, 3.05) is 25.4 Å². The first-order valence-corrected chi connectivity index (χ1v) is 8.26. The second-order valence-corrected chi connectivity index (χ2v) is 6.46. The molecule has 3 N–H and O–H groups in total. The molecule has 1 saturated heterocycles. The van der Waals surface area contributed by atoms with Crippen LogP contribution in [-0.2, 0) is 4.79 Å². The van der Waals surface area contributed by atoms with Crippen LogP contribution in [-0.4, -0.2) is 48.5 Å². The molecule has 2 rings (SSSR count). The van der Waals surface area contributed by atoms with Gasteiger partial charge in [0.2, 0.25) is 5.91 Å². The first kappa shape index (κ1) is 14.5. The van der Waals surface area contributed by atoms with Gasteiger partial charge in [0, 0.05) is 24.4 Å². The number of hydrogen-bond acceptors (Lipinski definition) is 3. The van der Waals surface area contributed by atoms with Crippen LogP contribution in [0.4, 0.5) is 0 Å². The van der Waals surface area contributed by atoms with Crippen LogP contribution < -0.4 is 16.0 Å². The zero-order valence-electron chi connectivity index (χ0n) is 11.6. The molecule has 0 aromatic carbocycles. The Bertz CT molecular complexity index is 325. The van der Waals surface area contributed by atoms with Gasteiger partial charge >= 0.3 is 0 Å². The van der Waals surface area contributed by atoms with Crippen LogP contribution in [0.3, 0.4) is 0 Å². The predicted octanol–water partition coefficient (Wildman–Crippen LogP) is 0.716. The van der Waals surface area contributed by atoms with Gasteiger partial charge in [-0.05, 0) is 38.4 Å².